The molecule has 0 unspecified atom stereocenters. The van der Waals surface area contributed by atoms with Crippen LogP contribution in [0.15, 0.2) is 22.9 Å². The molecule has 3 heterocycles. The number of rotatable bonds is 5. The van der Waals surface area contributed by atoms with Crippen molar-refractivity contribution in [3.63, 3.8) is 0 Å². The standard InChI is InChI=1S/C17H21N5O3/c1-2-24-15-5-6-18-17(19-15)22-9-7-21(8-10-22)16(23)13-11-14(25-20-13)12-3-4-12/h5-6,11-12H,2-4,7-10H2,1H3. The van der Waals surface area contributed by atoms with Gasteiger partial charge in [0.05, 0.1) is 6.61 Å². The summed E-state index contributed by atoms with van der Waals surface area (Å²) < 4.78 is 10.7. The lowest BCUT2D eigenvalue weighted by atomic mass is 10.2. The van der Waals surface area contributed by atoms with E-state index in [0.717, 1.165) is 18.6 Å². The normalized spacial score (nSPS) is 17.6. The number of aromatic nitrogens is 3. The summed E-state index contributed by atoms with van der Waals surface area (Å²) in [6, 6.07) is 3.54. The van der Waals surface area contributed by atoms with E-state index in [1.807, 2.05) is 6.92 Å². The van der Waals surface area contributed by atoms with Crippen molar-refractivity contribution >= 4 is 11.9 Å². The van der Waals surface area contributed by atoms with E-state index in [9.17, 15) is 4.79 Å². The Kier molecular flexibility index (Phi) is 4.25. The van der Waals surface area contributed by atoms with Gasteiger partial charge < -0.3 is 19.1 Å². The van der Waals surface area contributed by atoms with Crippen LogP contribution in [0.25, 0.3) is 0 Å². The average Bonchev–Trinajstić information content (AvgIpc) is 3.39. The molecule has 2 aliphatic rings. The van der Waals surface area contributed by atoms with E-state index in [1.54, 1.807) is 23.2 Å². The molecule has 0 bridgehead atoms. The fourth-order valence-corrected chi connectivity index (χ4v) is 2.93. The molecule has 4 rings (SSSR count). The third-order valence-corrected chi connectivity index (χ3v) is 4.49. The summed E-state index contributed by atoms with van der Waals surface area (Å²) in [6.45, 7) is 5.05. The van der Waals surface area contributed by atoms with Gasteiger partial charge in [0.1, 0.15) is 5.76 Å². The van der Waals surface area contributed by atoms with Gasteiger partial charge in [-0.1, -0.05) is 5.16 Å². The second-order valence-electron chi connectivity index (χ2n) is 6.30. The molecule has 0 atom stereocenters. The third kappa shape index (κ3) is 3.42. The first-order valence-corrected chi connectivity index (χ1v) is 8.71. The van der Waals surface area contributed by atoms with Crippen LogP contribution < -0.4 is 9.64 Å². The molecular weight excluding hydrogens is 322 g/mol. The maximum Gasteiger partial charge on any atom is 0.276 e. The molecule has 25 heavy (non-hydrogen) atoms. The molecule has 2 fully saturated rings. The zero-order valence-corrected chi connectivity index (χ0v) is 14.2. The van der Waals surface area contributed by atoms with Gasteiger partial charge in [-0.05, 0) is 19.8 Å². The fraction of sp³-hybridized carbons (Fsp3) is 0.529. The zero-order valence-electron chi connectivity index (χ0n) is 14.2. The molecule has 2 aromatic heterocycles. The highest BCUT2D eigenvalue weighted by Crippen LogP contribution is 2.40. The summed E-state index contributed by atoms with van der Waals surface area (Å²) in [5.41, 5.74) is 0.407. The first-order valence-electron chi connectivity index (χ1n) is 8.71. The van der Waals surface area contributed by atoms with E-state index in [0.29, 0.717) is 56.2 Å². The van der Waals surface area contributed by atoms with Crippen molar-refractivity contribution in [2.75, 3.05) is 37.7 Å². The number of ether oxygens (including phenoxy) is 1. The number of anilines is 1. The predicted molar refractivity (Wildman–Crippen MR) is 89.8 cm³/mol. The third-order valence-electron chi connectivity index (χ3n) is 4.49. The minimum atomic E-state index is -0.0701. The maximum atomic E-state index is 12.6. The summed E-state index contributed by atoms with van der Waals surface area (Å²) in [6.07, 6.45) is 3.95. The Morgan fingerprint density at radius 2 is 2.12 bits per heavy atom. The monoisotopic (exact) mass is 343 g/mol. The van der Waals surface area contributed by atoms with Crippen LogP contribution in [0, 0.1) is 0 Å². The Balaban J connectivity index is 1.37. The number of hydrogen-bond donors (Lipinski definition) is 0. The SMILES string of the molecule is CCOc1ccnc(N2CCN(C(=O)c3cc(C4CC4)on3)CC2)n1. The van der Waals surface area contributed by atoms with E-state index in [1.165, 1.54) is 0 Å². The number of piperazine rings is 1. The van der Waals surface area contributed by atoms with Crippen molar-refractivity contribution in [3.8, 4) is 5.88 Å². The Labute approximate surface area is 145 Å². The van der Waals surface area contributed by atoms with Gasteiger partial charge in [0.2, 0.25) is 11.8 Å². The number of nitrogens with zero attached hydrogens (tertiary/aromatic N) is 5. The molecular formula is C17H21N5O3. The van der Waals surface area contributed by atoms with Crippen LogP contribution in [0.3, 0.4) is 0 Å². The van der Waals surface area contributed by atoms with Gasteiger partial charge in [-0.3, -0.25) is 4.79 Å². The van der Waals surface area contributed by atoms with E-state index in [-0.39, 0.29) is 5.91 Å². The van der Waals surface area contributed by atoms with Crippen LogP contribution in [0.2, 0.25) is 0 Å². The molecule has 8 heteroatoms. The van der Waals surface area contributed by atoms with Crippen molar-refractivity contribution in [1.29, 1.82) is 0 Å². The predicted octanol–water partition coefficient (Wildman–Crippen LogP) is 1.70. The van der Waals surface area contributed by atoms with Crippen LogP contribution in [0.1, 0.15) is 41.9 Å². The largest absolute Gasteiger partial charge is 0.478 e. The quantitative estimate of drug-likeness (QED) is 0.817. The first kappa shape index (κ1) is 15.9. The summed E-state index contributed by atoms with van der Waals surface area (Å²) >= 11 is 0. The lowest BCUT2D eigenvalue weighted by molar-refractivity contribution is 0.0735. The van der Waals surface area contributed by atoms with Crippen LogP contribution >= 0.6 is 0 Å². The molecule has 2 aromatic rings. The summed E-state index contributed by atoms with van der Waals surface area (Å²) in [5.74, 6) is 2.43. The van der Waals surface area contributed by atoms with Gasteiger partial charge in [0.15, 0.2) is 5.69 Å². The molecule has 1 saturated carbocycles. The van der Waals surface area contributed by atoms with Crippen molar-refractivity contribution in [1.82, 2.24) is 20.0 Å². The molecule has 0 spiro atoms. The molecule has 0 aromatic carbocycles. The fourth-order valence-electron chi connectivity index (χ4n) is 2.93. The molecule has 8 nitrogen and oxygen atoms in total. The Morgan fingerprint density at radius 1 is 1.32 bits per heavy atom. The van der Waals surface area contributed by atoms with Gasteiger partial charge in [-0.15, -0.1) is 0 Å². The van der Waals surface area contributed by atoms with Crippen LogP contribution in [-0.4, -0.2) is 58.7 Å². The van der Waals surface area contributed by atoms with Gasteiger partial charge in [-0.2, -0.15) is 4.98 Å². The van der Waals surface area contributed by atoms with Crippen LogP contribution in [0.4, 0.5) is 5.95 Å². The molecule has 1 aliphatic heterocycles. The number of carbonyl (C=O) groups excluding carboxylic acids is 1. The topological polar surface area (TPSA) is 84.6 Å². The zero-order chi connectivity index (χ0) is 17.2. The first-order chi connectivity index (χ1) is 12.2. The smallest absolute Gasteiger partial charge is 0.276 e. The average molecular weight is 343 g/mol. The minimum Gasteiger partial charge on any atom is -0.478 e. The van der Waals surface area contributed by atoms with Gasteiger partial charge in [-0.25, -0.2) is 4.98 Å². The van der Waals surface area contributed by atoms with Crippen molar-refractivity contribution in [2.24, 2.45) is 0 Å². The second-order valence-corrected chi connectivity index (χ2v) is 6.30. The summed E-state index contributed by atoms with van der Waals surface area (Å²) in [5, 5.41) is 3.94. The summed E-state index contributed by atoms with van der Waals surface area (Å²) in [7, 11) is 0. The highest BCUT2D eigenvalue weighted by Gasteiger charge is 2.31. The van der Waals surface area contributed by atoms with E-state index in [4.69, 9.17) is 9.26 Å². The van der Waals surface area contributed by atoms with Crippen molar-refractivity contribution in [2.45, 2.75) is 25.7 Å². The lowest BCUT2D eigenvalue weighted by Crippen LogP contribution is -2.49. The molecule has 1 amide bonds. The van der Waals surface area contributed by atoms with Gasteiger partial charge >= 0.3 is 0 Å². The van der Waals surface area contributed by atoms with Crippen LogP contribution in [-0.2, 0) is 0 Å². The summed E-state index contributed by atoms with van der Waals surface area (Å²) in [4.78, 5) is 25.1. The minimum absolute atomic E-state index is 0.0701. The Hall–Kier alpha value is -2.64. The van der Waals surface area contributed by atoms with E-state index < -0.39 is 0 Å². The van der Waals surface area contributed by atoms with Crippen molar-refractivity contribution < 1.29 is 14.1 Å². The highest BCUT2D eigenvalue weighted by molar-refractivity contribution is 5.92. The molecule has 0 radical (unpaired) electrons. The second kappa shape index (κ2) is 6.70. The number of amides is 1. The van der Waals surface area contributed by atoms with Crippen LogP contribution in [0.5, 0.6) is 5.88 Å². The molecule has 0 N–H and O–H groups in total. The van der Waals surface area contributed by atoms with Gasteiger partial charge in [0, 0.05) is 50.4 Å². The number of hydrogen-bond acceptors (Lipinski definition) is 7. The molecule has 1 aliphatic carbocycles. The van der Waals surface area contributed by atoms with Crippen molar-refractivity contribution in [3.05, 3.63) is 29.8 Å². The maximum absolute atomic E-state index is 12.6. The highest BCUT2D eigenvalue weighted by atomic mass is 16.5. The molecule has 132 valence electrons. The number of carbonyl (C=O) groups is 1. The Morgan fingerprint density at radius 3 is 2.84 bits per heavy atom. The molecule has 1 saturated heterocycles. The van der Waals surface area contributed by atoms with E-state index >= 15 is 0 Å². The Bertz CT molecular complexity index is 750. The lowest BCUT2D eigenvalue weighted by Gasteiger charge is -2.34. The van der Waals surface area contributed by atoms with Gasteiger partial charge in [0.25, 0.3) is 5.91 Å². The van der Waals surface area contributed by atoms with E-state index in [2.05, 4.69) is 20.0 Å².